The summed E-state index contributed by atoms with van der Waals surface area (Å²) in [5.74, 6) is 0.707. The highest BCUT2D eigenvalue weighted by molar-refractivity contribution is 6.18. The summed E-state index contributed by atoms with van der Waals surface area (Å²) in [5.41, 5.74) is 0.148. The second-order valence-electron chi connectivity index (χ2n) is 4.07. The average molecular weight is 235 g/mol. The Morgan fingerprint density at radius 3 is 1.93 bits per heavy atom. The molecular formula is C12H27ClN2. The zero-order chi connectivity index (χ0) is 11.7. The molecule has 0 rings (SSSR count). The molecule has 0 aliphatic carbocycles. The standard InChI is InChI=1S/C12H27ClN2/c1-5-12(6-2,11-13)14-9-10-15(7-3)8-4/h14H,5-11H2,1-4H3. The van der Waals surface area contributed by atoms with Crippen molar-refractivity contribution in [3.05, 3.63) is 0 Å². The van der Waals surface area contributed by atoms with E-state index in [-0.39, 0.29) is 5.54 Å². The fraction of sp³-hybridized carbons (Fsp3) is 1.00. The van der Waals surface area contributed by atoms with Crippen LogP contribution >= 0.6 is 11.6 Å². The molecule has 0 aromatic rings. The van der Waals surface area contributed by atoms with E-state index in [1.54, 1.807) is 0 Å². The number of likely N-dealkylation sites (N-methyl/N-ethyl adjacent to an activating group) is 1. The molecule has 0 radical (unpaired) electrons. The monoisotopic (exact) mass is 234 g/mol. The minimum absolute atomic E-state index is 0.148. The van der Waals surface area contributed by atoms with Crippen LogP contribution in [0.25, 0.3) is 0 Å². The summed E-state index contributed by atoms with van der Waals surface area (Å²) in [6.07, 6.45) is 2.20. The number of hydrogen-bond donors (Lipinski definition) is 1. The van der Waals surface area contributed by atoms with E-state index in [0.29, 0.717) is 5.88 Å². The molecule has 0 fully saturated rings. The van der Waals surface area contributed by atoms with Crippen LogP contribution in [-0.2, 0) is 0 Å². The molecule has 0 saturated carbocycles. The van der Waals surface area contributed by atoms with Gasteiger partial charge in [0.25, 0.3) is 0 Å². The van der Waals surface area contributed by atoms with Gasteiger partial charge in [-0.15, -0.1) is 11.6 Å². The molecule has 0 spiro atoms. The van der Waals surface area contributed by atoms with Crippen LogP contribution in [0.3, 0.4) is 0 Å². The van der Waals surface area contributed by atoms with Gasteiger partial charge in [-0.1, -0.05) is 27.7 Å². The summed E-state index contributed by atoms with van der Waals surface area (Å²) in [4.78, 5) is 2.43. The lowest BCUT2D eigenvalue weighted by atomic mass is 9.95. The van der Waals surface area contributed by atoms with Crippen molar-refractivity contribution >= 4 is 11.6 Å². The number of alkyl halides is 1. The minimum atomic E-state index is 0.148. The van der Waals surface area contributed by atoms with Gasteiger partial charge >= 0.3 is 0 Å². The van der Waals surface area contributed by atoms with E-state index in [1.165, 1.54) is 0 Å². The summed E-state index contributed by atoms with van der Waals surface area (Å²) in [6, 6.07) is 0. The van der Waals surface area contributed by atoms with Crippen LogP contribution in [0, 0.1) is 0 Å². The Morgan fingerprint density at radius 1 is 1.07 bits per heavy atom. The second kappa shape index (κ2) is 8.37. The highest BCUT2D eigenvalue weighted by Gasteiger charge is 2.23. The smallest absolute Gasteiger partial charge is 0.0405 e. The quantitative estimate of drug-likeness (QED) is 0.618. The van der Waals surface area contributed by atoms with Gasteiger partial charge in [0.1, 0.15) is 0 Å². The molecule has 0 atom stereocenters. The molecule has 0 aromatic carbocycles. The molecule has 0 aliphatic rings. The Bertz CT molecular complexity index is 134. The summed E-state index contributed by atoms with van der Waals surface area (Å²) in [5, 5.41) is 3.61. The maximum Gasteiger partial charge on any atom is 0.0405 e. The van der Waals surface area contributed by atoms with E-state index in [4.69, 9.17) is 11.6 Å². The third-order valence-corrected chi connectivity index (χ3v) is 3.94. The largest absolute Gasteiger partial charge is 0.309 e. The van der Waals surface area contributed by atoms with Gasteiger partial charge in [-0.3, -0.25) is 0 Å². The number of hydrogen-bond acceptors (Lipinski definition) is 2. The first-order chi connectivity index (χ1) is 7.17. The lowest BCUT2D eigenvalue weighted by molar-refractivity contribution is 0.268. The van der Waals surface area contributed by atoms with Crippen LogP contribution in [0.1, 0.15) is 40.5 Å². The number of nitrogens with one attached hydrogen (secondary N) is 1. The summed E-state index contributed by atoms with van der Waals surface area (Å²) < 4.78 is 0. The van der Waals surface area contributed by atoms with E-state index >= 15 is 0 Å². The average Bonchev–Trinajstić information content (AvgIpc) is 2.31. The molecule has 0 unspecified atom stereocenters. The van der Waals surface area contributed by atoms with Crippen molar-refractivity contribution in [2.24, 2.45) is 0 Å². The predicted octanol–water partition coefficient (Wildman–Crippen LogP) is 2.72. The molecule has 1 N–H and O–H groups in total. The third kappa shape index (κ3) is 5.19. The van der Waals surface area contributed by atoms with Crippen LogP contribution in [0.2, 0.25) is 0 Å². The topological polar surface area (TPSA) is 15.3 Å². The number of halogens is 1. The maximum absolute atomic E-state index is 6.03. The van der Waals surface area contributed by atoms with Gasteiger partial charge in [0, 0.05) is 24.5 Å². The Hall–Kier alpha value is 0.210. The van der Waals surface area contributed by atoms with Gasteiger partial charge < -0.3 is 10.2 Å². The molecule has 92 valence electrons. The zero-order valence-electron chi connectivity index (χ0n) is 10.8. The van der Waals surface area contributed by atoms with Gasteiger partial charge in [0.2, 0.25) is 0 Å². The summed E-state index contributed by atoms with van der Waals surface area (Å²) in [7, 11) is 0. The van der Waals surface area contributed by atoms with Crippen molar-refractivity contribution in [3.63, 3.8) is 0 Å². The van der Waals surface area contributed by atoms with E-state index < -0.39 is 0 Å². The van der Waals surface area contributed by atoms with Crippen LogP contribution < -0.4 is 5.32 Å². The van der Waals surface area contributed by atoms with Crippen molar-refractivity contribution in [2.75, 3.05) is 32.1 Å². The lowest BCUT2D eigenvalue weighted by Crippen LogP contribution is -2.48. The Balaban J connectivity index is 3.89. The molecule has 3 heteroatoms. The maximum atomic E-state index is 6.03. The van der Waals surface area contributed by atoms with Crippen molar-refractivity contribution in [1.82, 2.24) is 10.2 Å². The van der Waals surface area contributed by atoms with Gasteiger partial charge in [-0.2, -0.15) is 0 Å². The van der Waals surface area contributed by atoms with Gasteiger partial charge in [0.05, 0.1) is 0 Å². The van der Waals surface area contributed by atoms with E-state index in [2.05, 4.69) is 37.9 Å². The second-order valence-corrected chi connectivity index (χ2v) is 4.34. The third-order valence-electron chi connectivity index (χ3n) is 3.43. The van der Waals surface area contributed by atoms with E-state index in [0.717, 1.165) is 39.0 Å². The molecule has 0 aromatic heterocycles. The highest BCUT2D eigenvalue weighted by Crippen LogP contribution is 2.16. The fourth-order valence-electron chi connectivity index (χ4n) is 1.76. The number of nitrogens with zero attached hydrogens (tertiary/aromatic N) is 1. The predicted molar refractivity (Wildman–Crippen MR) is 69.8 cm³/mol. The van der Waals surface area contributed by atoms with Crippen LogP contribution in [0.5, 0.6) is 0 Å². The van der Waals surface area contributed by atoms with Crippen molar-refractivity contribution in [1.29, 1.82) is 0 Å². The van der Waals surface area contributed by atoms with Crippen LogP contribution in [0.15, 0.2) is 0 Å². The molecule has 0 aliphatic heterocycles. The summed E-state index contributed by atoms with van der Waals surface area (Å²) >= 11 is 6.03. The lowest BCUT2D eigenvalue weighted by Gasteiger charge is -2.32. The first kappa shape index (κ1) is 15.2. The first-order valence-corrected chi connectivity index (χ1v) is 6.74. The Labute approximate surface area is 100 Å². The van der Waals surface area contributed by atoms with Crippen LogP contribution in [0.4, 0.5) is 0 Å². The highest BCUT2D eigenvalue weighted by atomic mass is 35.5. The fourth-order valence-corrected chi connectivity index (χ4v) is 2.23. The molecule has 0 saturated heterocycles. The number of rotatable bonds is 9. The zero-order valence-corrected chi connectivity index (χ0v) is 11.5. The Kier molecular flexibility index (Phi) is 8.49. The van der Waals surface area contributed by atoms with Crippen LogP contribution in [-0.4, -0.2) is 42.5 Å². The van der Waals surface area contributed by atoms with E-state index in [9.17, 15) is 0 Å². The Morgan fingerprint density at radius 2 is 1.60 bits per heavy atom. The molecule has 15 heavy (non-hydrogen) atoms. The van der Waals surface area contributed by atoms with Crippen molar-refractivity contribution < 1.29 is 0 Å². The molecule has 2 nitrogen and oxygen atoms in total. The van der Waals surface area contributed by atoms with Gasteiger partial charge in [0.15, 0.2) is 0 Å². The van der Waals surface area contributed by atoms with Gasteiger partial charge in [-0.05, 0) is 25.9 Å². The normalized spacial score (nSPS) is 12.4. The molecular weight excluding hydrogens is 208 g/mol. The minimum Gasteiger partial charge on any atom is -0.309 e. The van der Waals surface area contributed by atoms with Crippen molar-refractivity contribution in [3.8, 4) is 0 Å². The SMILES string of the molecule is CCN(CC)CCNC(CC)(CC)CCl. The molecule has 0 heterocycles. The molecule has 0 amide bonds. The van der Waals surface area contributed by atoms with E-state index in [1.807, 2.05) is 0 Å². The first-order valence-electron chi connectivity index (χ1n) is 6.21. The van der Waals surface area contributed by atoms with Crippen molar-refractivity contribution in [2.45, 2.75) is 46.1 Å². The summed E-state index contributed by atoms with van der Waals surface area (Å²) in [6.45, 7) is 13.2. The molecule has 0 bridgehead atoms. The van der Waals surface area contributed by atoms with Gasteiger partial charge in [-0.25, -0.2) is 0 Å².